The maximum atomic E-state index is 13.4. The third-order valence-corrected chi connectivity index (χ3v) is 11.3. The van der Waals surface area contributed by atoms with Crippen molar-refractivity contribution in [1.29, 1.82) is 0 Å². The number of para-hydroxylation sites is 1. The SMILES string of the molecule is CC(=O)[C@H](Cc1c[nH]c2ccccc12)NC(=O)[C@H](CCC(N)=O)NC(=O)CCCCCNC(=S)N=C1C=CC(=C2c3ccc(N(C)C)cc3Oc3cc(N(C)C)ccc32)C(C(=O)O)=C1. The summed E-state index contributed by atoms with van der Waals surface area (Å²) in [6, 6.07) is 17.5. The normalized spacial score (nSPS) is 14.4. The van der Waals surface area contributed by atoms with Crippen LogP contribution in [-0.4, -0.2) is 97.2 Å². The Morgan fingerprint density at radius 1 is 0.859 bits per heavy atom. The first-order valence-corrected chi connectivity index (χ1v) is 21.5. The van der Waals surface area contributed by atoms with Gasteiger partial charge in [0.15, 0.2) is 10.9 Å². The van der Waals surface area contributed by atoms with Gasteiger partial charge in [-0.25, -0.2) is 9.79 Å². The predicted octanol–water partition coefficient (Wildman–Crippen LogP) is 5.73. The molecule has 4 aromatic rings. The molecule has 0 radical (unpaired) electrons. The van der Waals surface area contributed by atoms with Crippen LogP contribution < -0.4 is 36.2 Å². The number of anilines is 2. The Hall–Kier alpha value is -7.07. The number of nitrogens with one attached hydrogen (secondary N) is 4. The number of hydrogen-bond acceptors (Lipinski definition) is 9. The van der Waals surface area contributed by atoms with E-state index < -0.39 is 29.9 Å². The number of fused-ring (bicyclic) bond motifs is 3. The number of ketones is 1. The molecule has 1 aliphatic heterocycles. The number of aliphatic imine (C=N–C) groups is 1. The fourth-order valence-corrected chi connectivity index (χ4v) is 7.77. The molecule has 2 aliphatic rings. The lowest BCUT2D eigenvalue weighted by molar-refractivity contribution is -0.132. The summed E-state index contributed by atoms with van der Waals surface area (Å²) in [5.74, 6) is -1.70. The first-order valence-electron chi connectivity index (χ1n) is 21.1. The van der Waals surface area contributed by atoms with Crippen LogP contribution in [0.15, 0.2) is 101 Å². The molecular weight excluding hydrogens is 833 g/mol. The van der Waals surface area contributed by atoms with Crippen molar-refractivity contribution >= 4 is 80.4 Å². The molecule has 0 spiro atoms. The van der Waals surface area contributed by atoms with Crippen molar-refractivity contribution in [3.8, 4) is 11.5 Å². The molecule has 64 heavy (non-hydrogen) atoms. The lowest BCUT2D eigenvalue weighted by Crippen LogP contribution is -2.52. The van der Waals surface area contributed by atoms with Crippen LogP contribution in [0, 0.1) is 0 Å². The quantitative estimate of drug-likeness (QED) is 0.0462. The van der Waals surface area contributed by atoms with Crippen LogP contribution in [-0.2, 0) is 30.4 Å². The van der Waals surface area contributed by atoms with Gasteiger partial charge < -0.3 is 46.3 Å². The fourth-order valence-electron chi connectivity index (χ4n) is 7.56. The summed E-state index contributed by atoms with van der Waals surface area (Å²) in [5, 5.41) is 20.2. The third kappa shape index (κ3) is 11.5. The molecule has 7 N–H and O–H groups in total. The van der Waals surface area contributed by atoms with Crippen LogP contribution in [0.4, 0.5) is 11.4 Å². The summed E-state index contributed by atoms with van der Waals surface area (Å²) in [5.41, 5.74) is 12.2. The number of nitrogens with two attached hydrogens (primary N) is 1. The highest BCUT2D eigenvalue weighted by Crippen LogP contribution is 2.48. The summed E-state index contributed by atoms with van der Waals surface area (Å²) in [4.78, 5) is 75.0. The summed E-state index contributed by atoms with van der Waals surface area (Å²) in [7, 11) is 7.77. The van der Waals surface area contributed by atoms with E-state index in [9.17, 15) is 29.1 Å². The summed E-state index contributed by atoms with van der Waals surface area (Å²) >= 11 is 5.49. The Morgan fingerprint density at radius 3 is 2.16 bits per heavy atom. The maximum Gasteiger partial charge on any atom is 0.336 e. The molecule has 3 aromatic carbocycles. The van der Waals surface area contributed by atoms with Crippen molar-refractivity contribution in [3.63, 3.8) is 0 Å². The van der Waals surface area contributed by atoms with Gasteiger partial charge in [-0.05, 0) is 92.0 Å². The number of carbonyl (C=O) groups excluding carboxylic acids is 4. The zero-order chi connectivity index (χ0) is 46.1. The number of carbonyl (C=O) groups is 5. The van der Waals surface area contributed by atoms with E-state index in [0.717, 1.165) is 44.5 Å². The fraction of sp³-hybridized carbons (Fsp3) is 0.312. The minimum absolute atomic E-state index is 0.0158. The van der Waals surface area contributed by atoms with Crippen LogP contribution in [0.2, 0.25) is 0 Å². The Balaban J connectivity index is 1.04. The van der Waals surface area contributed by atoms with Crippen molar-refractivity contribution in [2.75, 3.05) is 44.5 Å². The number of aromatic nitrogens is 1. The Bertz CT molecular complexity index is 2550. The van der Waals surface area contributed by atoms with Crippen LogP contribution in [0.3, 0.4) is 0 Å². The van der Waals surface area contributed by atoms with Crippen LogP contribution in [0.25, 0.3) is 16.5 Å². The highest BCUT2D eigenvalue weighted by molar-refractivity contribution is 7.80. The van der Waals surface area contributed by atoms with Gasteiger partial charge in [0.25, 0.3) is 0 Å². The first kappa shape index (κ1) is 46.4. The second-order valence-corrected chi connectivity index (χ2v) is 16.6. The molecule has 16 heteroatoms. The van der Waals surface area contributed by atoms with E-state index in [-0.39, 0.29) is 48.1 Å². The van der Waals surface area contributed by atoms with Crippen LogP contribution in [0.5, 0.6) is 11.5 Å². The summed E-state index contributed by atoms with van der Waals surface area (Å²) < 4.78 is 6.42. The molecular formula is C48H54N8O7S. The largest absolute Gasteiger partial charge is 0.478 e. The van der Waals surface area contributed by atoms with Crippen molar-refractivity contribution in [2.45, 2.75) is 64.0 Å². The van der Waals surface area contributed by atoms with Crippen LogP contribution >= 0.6 is 12.2 Å². The second-order valence-electron chi connectivity index (χ2n) is 16.2. The zero-order valence-electron chi connectivity index (χ0n) is 36.6. The number of allylic oxidation sites excluding steroid dienone is 3. The number of aromatic amines is 1. The van der Waals surface area contributed by atoms with Gasteiger partial charge in [-0.1, -0.05) is 30.7 Å². The average molecular weight is 887 g/mol. The number of Topliss-reactive ketones (excluding diaryl/α,β-unsaturated/α-hetero) is 1. The third-order valence-electron chi connectivity index (χ3n) is 11.0. The lowest BCUT2D eigenvalue weighted by atomic mass is 9.84. The molecule has 15 nitrogen and oxygen atoms in total. The van der Waals surface area contributed by atoms with E-state index >= 15 is 0 Å². The van der Waals surface area contributed by atoms with Crippen molar-refractivity contribution in [3.05, 3.63) is 113 Å². The van der Waals surface area contributed by atoms with Crippen molar-refractivity contribution < 1.29 is 33.8 Å². The van der Waals surface area contributed by atoms with E-state index in [4.69, 9.17) is 22.7 Å². The van der Waals surface area contributed by atoms with Gasteiger partial charge in [0.05, 0.1) is 17.3 Å². The zero-order valence-corrected chi connectivity index (χ0v) is 37.4. The topological polar surface area (TPSA) is 212 Å². The van der Waals surface area contributed by atoms with E-state index in [1.807, 2.05) is 98.7 Å². The van der Waals surface area contributed by atoms with Gasteiger partial charge in [-0.15, -0.1) is 0 Å². The number of amides is 3. The number of ether oxygens (including phenoxy) is 1. The van der Waals surface area contributed by atoms with Gasteiger partial charge >= 0.3 is 5.97 Å². The standard InChI is InChI=1S/C48H54N8O7S/c1-28(57)40(23-29-27-51-38-12-9-8-11-33(29)38)54-46(60)39(20-21-43(49)58)53-44(59)13-7-6-10-22-50-48(64)52-30-14-17-34(37(24-30)47(61)62)45-35-18-15-31(55(2)3)25-41(35)63-42-26-32(56(4)5)16-19-36(42)45/h8-9,11-12,14-19,24-27,39-40,51H,6-7,10,13,20-23H2,1-5H3,(H2,49,58)(H,50,64)(H,53,59)(H,54,60)(H,61,62)/t39-,40-/m0/s1. The molecule has 2 atom stereocenters. The molecule has 0 unspecified atom stereocenters. The Morgan fingerprint density at radius 2 is 1.53 bits per heavy atom. The van der Waals surface area contributed by atoms with Gasteiger partial charge in [0.2, 0.25) is 17.7 Å². The van der Waals surface area contributed by atoms with Crippen LogP contribution in [0.1, 0.15) is 62.1 Å². The number of unbranched alkanes of at least 4 members (excludes halogenated alkanes) is 2. The Labute approximate surface area is 377 Å². The maximum absolute atomic E-state index is 13.4. The molecule has 1 aromatic heterocycles. The minimum atomic E-state index is -1.12. The predicted molar refractivity (Wildman–Crippen MR) is 254 cm³/mol. The highest BCUT2D eigenvalue weighted by atomic mass is 32.1. The van der Waals surface area contributed by atoms with E-state index in [2.05, 4.69) is 25.9 Å². The summed E-state index contributed by atoms with van der Waals surface area (Å²) in [6.45, 7) is 1.85. The smallest absolute Gasteiger partial charge is 0.336 e. The number of rotatable bonds is 18. The second kappa shape index (κ2) is 20.9. The number of carboxylic acid groups (broad SMARTS) is 1. The number of thiocarbonyl (C=S) groups is 1. The van der Waals surface area contributed by atoms with Crippen molar-refractivity contribution in [2.24, 2.45) is 10.7 Å². The Kier molecular flexibility index (Phi) is 15.1. The van der Waals surface area contributed by atoms with E-state index in [0.29, 0.717) is 48.6 Å². The van der Waals surface area contributed by atoms with E-state index in [1.165, 1.54) is 13.0 Å². The number of benzene rings is 3. The molecule has 334 valence electrons. The number of aliphatic carboxylic acids is 1. The molecule has 6 rings (SSSR count). The van der Waals surface area contributed by atoms with Crippen molar-refractivity contribution in [1.82, 2.24) is 20.9 Å². The molecule has 0 bridgehead atoms. The highest BCUT2D eigenvalue weighted by Gasteiger charge is 2.30. The average Bonchev–Trinajstić information content (AvgIpc) is 3.67. The first-order chi connectivity index (χ1) is 30.6. The number of primary amides is 1. The molecule has 0 saturated heterocycles. The van der Waals surface area contributed by atoms with Gasteiger partial charge in [-0.2, -0.15) is 0 Å². The monoisotopic (exact) mass is 886 g/mol. The number of H-pyrrole nitrogens is 1. The number of carboxylic acids is 1. The van der Waals surface area contributed by atoms with Gasteiger partial charge in [0.1, 0.15) is 17.5 Å². The number of hydrogen-bond donors (Lipinski definition) is 6. The minimum Gasteiger partial charge on any atom is -0.478 e. The summed E-state index contributed by atoms with van der Waals surface area (Å²) in [6.07, 6.45) is 8.83. The molecule has 2 heterocycles. The molecule has 0 saturated carbocycles. The number of nitrogens with zero attached hydrogens (tertiary/aromatic N) is 3. The lowest BCUT2D eigenvalue weighted by Gasteiger charge is -2.28. The molecule has 3 amide bonds. The molecule has 1 aliphatic carbocycles. The molecule has 0 fully saturated rings. The van der Waals surface area contributed by atoms with E-state index in [1.54, 1.807) is 18.3 Å². The van der Waals surface area contributed by atoms with Gasteiger partial charge in [0, 0.05) is 111 Å². The van der Waals surface area contributed by atoms with Gasteiger partial charge in [-0.3, -0.25) is 19.2 Å².